The van der Waals surface area contributed by atoms with Crippen LogP contribution < -0.4 is 0 Å². The van der Waals surface area contributed by atoms with Gasteiger partial charge >= 0.3 is 0 Å². The lowest BCUT2D eigenvalue weighted by Gasteiger charge is -2.24. The topological polar surface area (TPSA) is 86.5 Å². The molecule has 1 aliphatic heterocycles. The highest BCUT2D eigenvalue weighted by atomic mass is 16.3. The fourth-order valence-corrected chi connectivity index (χ4v) is 4.01. The highest BCUT2D eigenvalue weighted by Crippen LogP contribution is 2.42. The highest BCUT2D eigenvalue weighted by Gasteiger charge is 2.47. The molecule has 1 fully saturated rings. The van der Waals surface area contributed by atoms with Crippen LogP contribution in [0, 0.1) is 0 Å². The van der Waals surface area contributed by atoms with Crippen molar-refractivity contribution in [1.82, 2.24) is 9.88 Å². The zero-order valence-electron chi connectivity index (χ0n) is 15.9. The van der Waals surface area contributed by atoms with E-state index < -0.39 is 17.7 Å². The maximum absolute atomic E-state index is 13.1. The number of nitrogens with one attached hydrogen (secondary N) is 1. The lowest BCUT2D eigenvalue weighted by Crippen LogP contribution is -2.29. The number of hydrogen-bond acceptors (Lipinski definition) is 4. The van der Waals surface area contributed by atoms with Crippen molar-refractivity contribution >= 4 is 28.4 Å². The number of carbonyl (C=O) groups is 2. The second-order valence-corrected chi connectivity index (χ2v) is 7.16. The largest absolute Gasteiger partial charge is 0.507 e. The van der Waals surface area contributed by atoms with Crippen molar-refractivity contribution in [2.24, 2.45) is 0 Å². The maximum atomic E-state index is 13.1. The minimum atomic E-state index is -0.744. The van der Waals surface area contributed by atoms with E-state index in [1.165, 1.54) is 11.2 Å². The molecule has 2 N–H and O–H groups in total. The number of aromatic amines is 1. The number of aromatic nitrogens is 1. The summed E-state index contributed by atoms with van der Waals surface area (Å²) >= 11 is 0. The molecule has 148 valence electrons. The van der Waals surface area contributed by atoms with E-state index in [2.05, 4.69) is 4.98 Å². The van der Waals surface area contributed by atoms with Crippen molar-refractivity contribution in [2.75, 3.05) is 0 Å². The van der Waals surface area contributed by atoms with E-state index in [1.54, 1.807) is 42.6 Å². The Morgan fingerprint density at radius 3 is 2.53 bits per heavy atom. The van der Waals surface area contributed by atoms with E-state index in [0.29, 0.717) is 11.3 Å². The smallest absolute Gasteiger partial charge is 0.296 e. The third-order valence-electron chi connectivity index (χ3n) is 5.41. The van der Waals surface area contributed by atoms with Crippen molar-refractivity contribution in [3.63, 3.8) is 0 Å². The van der Waals surface area contributed by atoms with Gasteiger partial charge in [0.05, 0.1) is 24.4 Å². The number of likely N-dealkylation sites (tertiary alicyclic amines) is 1. The molecule has 4 aromatic rings. The molecular formula is C24H18N2O4. The number of rotatable bonds is 4. The minimum absolute atomic E-state index is 0.0718. The molecule has 0 spiro atoms. The predicted octanol–water partition coefficient (Wildman–Crippen LogP) is 4.38. The van der Waals surface area contributed by atoms with Crippen LogP contribution in [0.15, 0.2) is 89.2 Å². The average molecular weight is 398 g/mol. The van der Waals surface area contributed by atoms with Gasteiger partial charge < -0.3 is 19.4 Å². The monoisotopic (exact) mass is 398 g/mol. The molecular weight excluding hydrogens is 380 g/mol. The number of aliphatic hydroxyl groups is 1. The second kappa shape index (κ2) is 7.08. The van der Waals surface area contributed by atoms with E-state index in [-0.39, 0.29) is 17.9 Å². The molecule has 1 atom stereocenters. The van der Waals surface area contributed by atoms with E-state index in [9.17, 15) is 14.7 Å². The maximum Gasteiger partial charge on any atom is 0.296 e. The number of aliphatic hydroxyl groups excluding tert-OH is 1. The first kappa shape index (κ1) is 18.0. The third-order valence-corrected chi connectivity index (χ3v) is 5.41. The minimum Gasteiger partial charge on any atom is -0.507 e. The molecule has 1 saturated heterocycles. The van der Waals surface area contributed by atoms with Gasteiger partial charge in [0.25, 0.3) is 11.7 Å². The molecule has 0 aliphatic carbocycles. The summed E-state index contributed by atoms with van der Waals surface area (Å²) in [5.74, 6) is -1.01. The molecule has 0 bridgehead atoms. The fourth-order valence-electron chi connectivity index (χ4n) is 4.01. The standard InChI is InChI=1S/C24H18N2O4/c27-22(15-7-2-1-3-8-15)20-21(18-13-25-19-11-5-4-10-17(18)19)26(24(29)23(20)28)14-16-9-6-12-30-16/h1-13,21,25,27H,14H2/b22-20+. The van der Waals surface area contributed by atoms with Gasteiger partial charge in [0, 0.05) is 28.2 Å². The van der Waals surface area contributed by atoms with E-state index in [4.69, 9.17) is 4.42 Å². The van der Waals surface area contributed by atoms with Gasteiger partial charge in [0.1, 0.15) is 11.5 Å². The Labute approximate surface area is 172 Å². The van der Waals surface area contributed by atoms with Crippen LogP contribution in [0.5, 0.6) is 0 Å². The summed E-state index contributed by atoms with van der Waals surface area (Å²) in [4.78, 5) is 30.7. The Hall–Kier alpha value is -4.06. The first-order valence-corrected chi connectivity index (χ1v) is 9.57. The lowest BCUT2D eigenvalue weighted by molar-refractivity contribution is -0.140. The van der Waals surface area contributed by atoms with Crippen LogP contribution in [0.1, 0.15) is 22.9 Å². The van der Waals surface area contributed by atoms with Crippen LogP contribution in [-0.2, 0) is 16.1 Å². The van der Waals surface area contributed by atoms with Crippen LogP contribution in [0.2, 0.25) is 0 Å². The van der Waals surface area contributed by atoms with Gasteiger partial charge in [0.15, 0.2) is 0 Å². The molecule has 2 aromatic heterocycles. The van der Waals surface area contributed by atoms with Crippen molar-refractivity contribution < 1.29 is 19.1 Å². The Balaban J connectivity index is 1.72. The van der Waals surface area contributed by atoms with Crippen molar-refractivity contribution in [1.29, 1.82) is 0 Å². The predicted molar refractivity (Wildman–Crippen MR) is 111 cm³/mol. The number of nitrogens with zero attached hydrogens (tertiary/aromatic N) is 1. The number of carbonyl (C=O) groups excluding carboxylic acids is 2. The number of amides is 1. The second-order valence-electron chi connectivity index (χ2n) is 7.16. The molecule has 1 unspecified atom stereocenters. The molecule has 0 saturated carbocycles. The van der Waals surface area contributed by atoms with E-state index >= 15 is 0 Å². The summed E-state index contributed by atoms with van der Waals surface area (Å²) in [6, 6.07) is 19.2. The van der Waals surface area contributed by atoms with Crippen LogP contribution in [0.4, 0.5) is 0 Å². The fraction of sp³-hybridized carbons (Fsp3) is 0.0833. The number of benzene rings is 2. The molecule has 1 aliphatic rings. The summed E-state index contributed by atoms with van der Waals surface area (Å²) in [7, 11) is 0. The zero-order valence-corrected chi connectivity index (χ0v) is 15.9. The molecule has 3 heterocycles. The lowest BCUT2D eigenvalue weighted by atomic mass is 9.95. The molecule has 30 heavy (non-hydrogen) atoms. The van der Waals surface area contributed by atoms with Gasteiger partial charge in [-0.25, -0.2) is 0 Å². The van der Waals surface area contributed by atoms with Crippen LogP contribution in [0.25, 0.3) is 16.7 Å². The number of fused-ring (bicyclic) bond motifs is 1. The zero-order chi connectivity index (χ0) is 20.7. The van der Waals surface area contributed by atoms with Gasteiger partial charge in [-0.15, -0.1) is 0 Å². The molecule has 1 amide bonds. The van der Waals surface area contributed by atoms with Crippen molar-refractivity contribution in [3.8, 4) is 0 Å². The number of hydrogen-bond donors (Lipinski definition) is 2. The number of Topliss-reactive ketones (excluding diaryl/α,β-unsaturated/α-hetero) is 1. The Kier molecular flexibility index (Phi) is 4.25. The third kappa shape index (κ3) is 2.81. The average Bonchev–Trinajstić information content (AvgIpc) is 3.50. The van der Waals surface area contributed by atoms with Crippen LogP contribution >= 0.6 is 0 Å². The van der Waals surface area contributed by atoms with Gasteiger partial charge in [-0.2, -0.15) is 0 Å². The quantitative estimate of drug-likeness (QED) is 0.303. The molecule has 5 rings (SSSR count). The summed E-state index contributed by atoms with van der Waals surface area (Å²) < 4.78 is 5.42. The van der Waals surface area contributed by atoms with Crippen molar-refractivity contribution in [2.45, 2.75) is 12.6 Å². The summed E-state index contributed by atoms with van der Waals surface area (Å²) in [6.07, 6.45) is 3.31. The first-order valence-electron chi connectivity index (χ1n) is 9.57. The Bertz CT molecular complexity index is 1270. The molecule has 2 aromatic carbocycles. The summed E-state index contributed by atoms with van der Waals surface area (Å²) in [6.45, 7) is 0.118. The Morgan fingerprint density at radius 2 is 1.77 bits per heavy atom. The number of ketones is 1. The summed E-state index contributed by atoms with van der Waals surface area (Å²) in [5.41, 5.74) is 2.19. The van der Waals surface area contributed by atoms with Gasteiger partial charge in [0.2, 0.25) is 0 Å². The molecule has 6 nitrogen and oxygen atoms in total. The van der Waals surface area contributed by atoms with Gasteiger partial charge in [-0.3, -0.25) is 9.59 Å². The summed E-state index contributed by atoms with van der Waals surface area (Å²) in [5, 5.41) is 11.9. The SMILES string of the molecule is O=C1C(=O)N(Cc2ccco2)C(c2c[nH]c3ccccc23)/C1=C(\O)c1ccccc1. The highest BCUT2D eigenvalue weighted by molar-refractivity contribution is 6.46. The van der Waals surface area contributed by atoms with Crippen LogP contribution in [-0.4, -0.2) is 26.7 Å². The van der Waals surface area contributed by atoms with E-state index in [1.807, 2.05) is 30.3 Å². The normalized spacial score (nSPS) is 18.4. The first-order chi connectivity index (χ1) is 14.6. The van der Waals surface area contributed by atoms with Gasteiger partial charge in [-0.05, 0) is 18.2 Å². The number of furan rings is 1. The van der Waals surface area contributed by atoms with Crippen LogP contribution in [0.3, 0.4) is 0 Å². The number of H-pyrrole nitrogens is 1. The van der Waals surface area contributed by atoms with Crippen molar-refractivity contribution in [3.05, 3.63) is 102 Å². The molecule has 6 heteroatoms. The van der Waals surface area contributed by atoms with E-state index in [0.717, 1.165) is 16.5 Å². The Morgan fingerprint density at radius 1 is 1.00 bits per heavy atom. The molecule has 0 radical (unpaired) electrons. The number of para-hydroxylation sites is 1. The van der Waals surface area contributed by atoms with Gasteiger partial charge in [-0.1, -0.05) is 48.5 Å².